The van der Waals surface area contributed by atoms with E-state index in [0.29, 0.717) is 0 Å². The number of carboxylic acids is 1. The van der Waals surface area contributed by atoms with E-state index in [2.05, 4.69) is 6.58 Å². The molecular weight excluding hydrogens is 204 g/mol. The summed E-state index contributed by atoms with van der Waals surface area (Å²) in [5.74, 6) is -0.833. The van der Waals surface area contributed by atoms with Gasteiger partial charge in [0, 0.05) is 6.92 Å². The van der Waals surface area contributed by atoms with Crippen LogP contribution in [0.4, 0.5) is 0 Å². The van der Waals surface area contributed by atoms with E-state index < -0.39 is 11.6 Å². The van der Waals surface area contributed by atoms with Gasteiger partial charge in [-0.2, -0.15) is 0 Å². The molecule has 0 aromatic heterocycles. The first kappa shape index (κ1) is 14.4. The lowest BCUT2D eigenvalue weighted by Gasteiger charge is -2.18. The Morgan fingerprint density at radius 1 is 1.38 bits per heavy atom. The topological polar surface area (TPSA) is 57.5 Å². The highest BCUT2D eigenvalue weighted by Gasteiger charge is 2.17. The summed E-state index contributed by atoms with van der Waals surface area (Å²) in [6, 6.07) is 7.79. The molecule has 0 heterocycles. The van der Waals surface area contributed by atoms with Gasteiger partial charge in [0.25, 0.3) is 5.97 Å². The molecule has 0 aliphatic heterocycles. The number of carbonyl (C=O) groups is 1. The van der Waals surface area contributed by atoms with Gasteiger partial charge in [0.15, 0.2) is 0 Å². The molecular formula is C13H18O3. The van der Waals surface area contributed by atoms with E-state index in [-0.39, 0.29) is 0 Å². The smallest absolute Gasteiger partial charge is 0.300 e. The van der Waals surface area contributed by atoms with Crippen molar-refractivity contribution in [3.8, 4) is 0 Å². The number of aryl methyl sites for hydroxylation is 1. The van der Waals surface area contributed by atoms with Gasteiger partial charge in [-0.3, -0.25) is 4.79 Å². The molecule has 0 aliphatic carbocycles. The average molecular weight is 222 g/mol. The zero-order chi connectivity index (χ0) is 12.8. The van der Waals surface area contributed by atoms with Crippen LogP contribution in [0.5, 0.6) is 0 Å². The molecule has 0 amide bonds. The van der Waals surface area contributed by atoms with Crippen molar-refractivity contribution in [3.63, 3.8) is 0 Å². The fourth-order valence-corrected chi connectivity index (χ4v) is 1.01. The van der Waals surface area contributed by atoms with Gasteiger partial charge in [-0.15, -0.1) is 0 Å². The Morgan fingerprint density at radius 3 is 2.06 bits per heavy atom. The van der Waals surface area contributed by atoms with Gasteiger partial charge in [0.2, 0.25) is 0 Å². The van der Waals surface area contributed by atoms with Crippen LogP contribution in [0.3, 0.4) is 0 Å². The highest BCUT2D eigenvalue weighted by Crippen LogP contribution is 2.21. The monoisotopic (exact) mass is 222 g/mol. The summed E-state index contributed by atoms with van der Waals surface area (Å²) in [5.41, 5.74) is 1.16. The molecule has 0 aliphatic rings. The Balaban J connectivity index is 0.000000487. The highest BCUT2D eigenvalue weighted by atomic mass is 16.4. The number of hydrogen-bond acceptors (Lipinski definition) is 2. The maximum atomic E-state index is 9.77. The quantitative estimate of drug-likeness (QED) is 0.756. The second-order valence-electron chi connectivity index (χ2n) is 3.74. The van der Waals surface area contributed by atoms with Crippen LogP contribution in [0.1, 0.15) is 25.0 Å². The van der Waals surface area contributed by atoms with Crippen molar-refractivity contribution in [2.24, 2.45) is 0 Å². The van der Waals surface area contributed by atoms with Crippen LogP contribution in [-0.4, -0.2) is 16.2 Å². The van der Waals surface area contributed by atoms with E-state index in [4.69, 9.17) is 9.90 Å². The fourth-order valence-electron chi connectivity index (χ4n) is 1.01. The fraction of sp³-hybridized carbons (Fsp3) is 0.308. The van der Waals surface area contributed by atoms with Crippen molar-refractivity contribution in [1.82, 2.24) is 0 Å². The minimum Gasteiger partial charge on any atom is -0.481 e. The number of rotatable bonds is 2. The van der Waals surface area contributed by atoms with Crippen molar-refractivity contribution in [1.29, 1.82) is 0 Å². The number of hydrogen-bond donors (Lipinski definition) is 2. The van der Waals surface area contributed by atoms with Crippen LogP contribution in [0.2, 0.25) is 0 Å². The lowest BCUT2D eigenvalue weighted by atomic mass is 9.96. The summed E-state index contributed by atoms with van der Waals surface area (Å²) in [7, 11) is 0. The zero-order valence-electron chi connectivity index (χ0n) is 9.90. The lowest BCUT2D eigenvalue weighted by molar-refractivity contribution is -0.134. The predicted octanol–water partition coefficient (Wildman–Crippen LogP) is 2.48. The first-order valence-electron chi connectivity index (χ1n) is 4.92. The SMILES string of the molecule is C=CC(C)(O)c1ccc(C)cc1.CC(=O)O. The minimum absolute atomic E-state index is 0.833. The maximum Gasteiger partial charge on any atom is 0.300 e. The van der Waals surface area contributed by atoms with Crippen molar-refractivity contribution in [2.45, 2.75) is 26.4 Å². The molecule has 88 valence electrons. The van der Waals surface area contributed by atoms with Crippen LogP contribution in [0.15, 0.2) is 36.9 Å². The van der Waals surface area contributed by atoms with Gasteiger partial charge in [0.1, 0.15) is 5.60 Å². The van der Waals surface area contributed by atoms with Gasteiger partial charge in [-0.25, -0.2) is 0 Å². The van der Waals surface area contributed by atoms with E-state index in [1.807, 2.05) is 31.2 Å². The summed E-state index contributed by atoms with van der Waals surface area (Å²) in [6.45, 7) is 8.41. The molecule has 1 unspecified atom stereocenters. The summed E-state index contributed by atoms with van der Waals surface area (Å²) >= 11 is 0. The molecule has 2 N–H and O–H groups in total. The normalized spacial score (nSPS) is 13.0. The molecule has 0 spiro atoms. The van der Waals surface area contributed by atoms with Crippen LogP contribution in [0, 0.1) is 6.92 Å². The minimum atomic E-state index is -0.909. The third-order valence-corrected chi connectivity index (χ3v) is 2.03. The largest absolute Gasteiger partial charge is 0.481 e. The number of benzene rings is 1. The number of aliphatic hydroxyl groups is 1. The van der Waals surface area contributed by atoms with E-state index in [1.165, 1.54) is 11.6 Å². The molecule has 0 saturated heterocycles. The Hall–Kier alpha value is -1.61. The molecule has 1 aromatic carbocycles. The van der Waals surface area contributed by atoms with Gasteiger partial charge in [0.05, 0.1) is 0 Å². The van der Waals surface area contributed by atoms with Crippen molar-refractivity contribution < 1.29 is 15.0 Å². The number of carboxylic acid groups (broad SMARTS) is 1. The van der Waals surface area contributed by atoms with Crippen molar-refractivity contribution in [2.75, 3.05) is 0 Å². The zero-order valence-corrected chi connectivity index (χ0v) is 9.90. The highest BCUT2D eigenvalue weighted by molar-refractivity contribution is 5.62. The van der Waals surface area contributed by atoms with Gasteiger partial charge in [-0.1, -0.05) is 42.5 Å². The first-order chi connectivity index (χ1) is 7.29. The van der Waals surface area contributed by atoms with E-state index in [0.717, 1.165) is 12.5 Å². The molecule has 1 atom stereocenters. The van der Waals surface area contributed by atoms with Gasteiger partial charge >= 0.3 is 0 Å². The van der Waals surface area contributed by atoms with E-state index in [9.17, 15) is 5.11 Å². The average Bonchev–Trinajstić information content (AvgIpc) is 2.17. The maximum absolute atomic E-state index is 9.77. The molecule has 0 radical (unpaired) electrons. The summed E-state index contributed by atoms with van der Waals surface area (Å²) in [5, 5.41) is 17.2. The van der Waals surface area contributed by atoms with Crippen molar-refractivity contribution in [3.05, 3.63) is 48.0 Å². The summed E-state index contributed by atoms with van der Waals surface area (Å²) in [6.07, 6.45) is 1.54. The third-order valence-electron chi connectivity index (χ3n) is 2.03. The molecule has 0 fully saturated rings. The Labute approximate surface area is 96.1 Å². The Morgan fingerprint density at radius 2 is 1.75 bits per heavy atom. The second kappa shape index (κ2) is 6.08. The predicted molar refractivity (Wildman–Crippen MR) is 64.3 cm³/mol. The molecule has 16 heavy (non-hydrogen) atoms. The van der Waals surface area contributed by atoms with E-state index >= 15 is 0 Å². The van der Waals surface area contributed by atoms with Crippen LogP contribution >= 0.6 is 0 Å². The van der Waals surface area contributed by atoms with Crippen LogP contribution < -0.4 is 0 Å². The molecule has 3 heteroatoms. The van der Waals surface area contributed by atoms with Crippen LogP contribution in [0.25, 0.3) is 0 Å². The summed E-state index contributed by atoms with van der Waals surface area (Å²) < 4.78 is 0. The van der Waals surface area contributed by atoms with Crippen molar-refractivity contribution >= 4 is 5.97 Å². The third kappa shape index (κ3) is 5.32. The summed E-state index contributed by atoms with van der Waals surface area (Å²) in [4.78, 5) is 9.00. The lowest BCUT2D eigenvalue weighted by Crippen LogP contribution is -2.16. The van der Waals surface area contributed by atoms with E-state index in [1.54, 1.807) is 6.92 Å². The van der Waals surface area contributed by atoms with Crippen LogP contribution in [-0.2, 0) is 10.4 Å². The molecule has 0 saturated carbocycles. The van der Waals surface area contributed by atoms with Gasteiger partial charge in [-0.05, 0) is 19.4 Å². The molecule has 3 nitrogen and oxygen atoms in total. The molecule has 1 aromatic rings. The standard InChI is InChI=1S/C11H14O.C2H4O2/c1-4-11(3,12)10-7-5-9(2)6-8-10;1-2(3)4/h4-8,12H,1H2,2-3H3;1H3,(H,3,4). The Kier molecular flexibility index (Phi) is 5.47. The number of aliphatic carboxylic acids is 1. The Bertz CT molecular complexity index is 346. The first-order valence-corrected chi connectivity index (χ1v) is 4.92. The molecule has 0 bridgehead atoms. The molecule has 1 rings (SSSR count). The van der Waals surface area contributed by atoms with Gasteiger partial charge < -0.3 is 10.2 Å². The second-order valence-corrected chi connectivity index (χ2v) is 3.74.